The number of benzene rings is 1. The maximum atomic E-state index is 13.8. The maximum Gasteiger partial charge on any atom is 0.191 e. The molecule has 10 atom stereocenters. The molecule has 1 saturated carbocycles. The standard InChI is InChI=1S/C41H66O7SSi/c1-28(26-46-50(9,10)41(5,6)7)21-39-40(45-8)36(27-49(43,44)35-16-12-11-13-17-35)38(48-39)25-33-24-32(22-29(2)31(33)4)18-19-37-30(3)23-34(47-37)15-14-20-42/h11-13,16-17,20,28-29,32-34,36-40H,3-4,14-15,18-19,21-27H2,1-2,5-10H3/t28-,29+,32-,33+,34-,36?,37?,38?,39+,40+/m0/s1. The molecule has 3 aliphatic rings. The predicted octanol–water partition coefficient (Wildman–Crippen LogP) is 8.99. The average Bonchev–Trinajstić information content (AvgIpc) is 3.57. The van der Waals surface area contributed by atoms with Crippen molar-refractivity contribution in [1.82, 2.24) is 0 Å². The van der Waals surface area contributed by atoms with E-state index in [9.17, 15) is 13.2 Å². The van der Waals surface area contributed by atoms with Gasteiger partial charge in [0.05, 0.1) is 41.2 Å². The fraction of sp³-hybridized carbons (Fsp3) is 0.732. The van der Waals surface area contributed by atoms with E-state index in [4.69, 9.17) is 18.6 Å². The zero-order chi connectivity index (χ0) is 36.9. The van der Waals surface area contributed by atoms with Gasteiger partial charge in [0.25, 0.3) is 0 Å². The van der Waals surface area contributed by atoms with Gasteiger partial charge in [0.2, 0.25) is 0 Å². The van der Waals surface area contributed by atoms with Gasteiger partial charge in [-0.3, -0.25) is 0 Å². The maximum absolute atomic E-state index is 13.8. The molecule has 282 valence electrons. The minimum Gasteiger partial charge on any atom is -0.417 e. The van der Waals surface area contributed by atoms with Crippen molar-refractivity contribution >= 4 is 24.4 Å². The molecule has 0 amide bonds. The van der Waals surface area contributed by atoms with Crippen molar-refractivity contribution in [3.05, 3.63) is 54.6 Å². The van der Waals surface area contributed by atoms with Crippen LogP contribution in [0.3, 0.4) is 0 Å². The highest BCUT2D eigenvalue weighted by atomic mass is 32.2. The van der Waals surface area contributed by atoms with E-state index < -0.39 is 18.2 Å². The molecule has 0 radical (unpaired) electrons. The topological polar surface area (TPSA) is 88.1 Å². The summed E-state index contributed by atoms with van der Waals surface area (Å²) in [6.07, 6.45) is 8.00. The molecule has 0 N–H and O–H groups in total. The molecule has 7 nitrogen and oxygen atoms in total. The first kappa shape index (κ1) is 41.1. The quantitative estimate of drug-likeness (QED) is 0.0899. The summed E-state index contributed by atoms with van der Waals surface area (Å²) in [7, 11) is -3.78. The Bertz CT molecular complexity index is 1390. The Hall–Kier alpha value is -1.62. The summed E-state index contributed by atoms with van der Waals surface area (Å²) < 4.78 is 53.6. The van der Waals surface area contributed by atoms with Crippen molar-refractivity contribution in [1.29, 1.82) is 0 Å². The lowest BCUT2D eigenvalue weighted by Crippen LogP contribution is -2.42. The van der Waals surface area contributed by atoms with E-state index in [0.29, 0.717) is 29.8 Å². The van der Waals surface area contributed by atoms with E-state index in [2.05, 4.69) is 60.9 Å². The highest BCUT2D eigenvalue weighted by molar-refractivity contribution is 7.91. The largest absolute Gasteiger partial charge is 0.417 e. The fourth-order valence-corrected chi connectivity index (χ4v) is 11.0. The third-order valence-corrected chi connectivity index (χ3v) is 18.6. The number of hydrogen-bond donors (Lipinski definition) is 0. The molecule has 0 bridgehead atoms. The number of methoxy groups -OCH3 is 1. The van der Waals surface area contributed by atoms with Crippen molar-refractivity contribution in [2.45, 2.75) is 146 Å². The van der Waals surface area contributed by atoms with Crippen LogP contribution in [-0.2, 0) is 33.3 Å². The van der Waals surface area contributed by atoms with Gasteiger partial charge in [-0.1, -0.05) is 71.5 Å². The molecule has 3 fully saturated rings. The van der Waals surface area contributed by atoms with Crippen molar-refractivity contribution in [2.75, 3.05) is 19.5 Å². The first-order valence-corrected chi connectivity index (χ1v) is 23.6. The van der Waals surface area contributed by atoms with Crippen LogP contribution in [0.25, 0.3) is 0 Å². The fourth-order valence-electron chi connectivity index (χ4n) is 8.20. The van der Waals surface area contributed by atoms with Crippen LogP contribution in [0.4, 0.5) is 0 Å². The number of sulfone groups is 1. The molecule has 0 spiro atoms. The molecule has 50 heavy (non-hydrogen) atoms. The van der Waals surface area contributed by atoms with Crippen molar-refractivity contribution < 1.29 is 31.8 Å². The Morgan fingerprint density at radius 3 is 2.38 bits per heavy atom. The number of rotatable bonds is 17. The van der Waals surface area contributed by atoms with Crippen LogP contribution in [0.5, 0.6) is 0 Å². The third kappa shape index (κ3) is 10.5. The highest BCUT2D eigenvalue weighted by Gasteiger charge is 2.49. The molecule has 2 heterocycles. The Balaban J connectivity index is 1.48. The molecule has 1 aromatic carbocycles. The van der Waals surface area contributed by atoms with Crippen LogP contribution >= 0.6 is 0 Å². The third-order valence-electron chi connectivity index (χ3n) is 12.3. The van der Waals surface area contributed by atoms with Crippen LogP contribution < -0.4 is 0 Å². The summed E-state index contributed by atoms with van der Waals surface area (Å²) in [5.74, 6) is 1.04. The minimum absolute atomic E-state index is 0.0177. The number of hydrogen-bond acceptors (Lipinski definition) is 7. The minimum atomic E-state index is -3.57. The highest BCUT2D eigenvalue weighted by Crippen LogP contribution is 2.46. The molecule has 2 saturated heterocycles. The summed E-state index contributed by atoms with van der Waals surface area (Å²) in [6, 6.07) is 8.77. The van der Waals surface area contributed by atoms with E-state index in [1.807, 2.05) is 6.07 Å². The second-order valence-electron chi connectivity index (χ2n) is 17.3. The molecular formula is C41H66O7SSi. The summed E-state index contributed by atoms with van der Waals surface area (Å²) in [6.45, 7) is 25.3. The predicted molar refractivity (Wildman–Crippen MR) is 204 cm³/mol. The lowest BCUT2D eigenvalue weighted by Gasteiger charge is -2.38. The first-order valence-electron chi connectivity index (χ1n) is 19.0. The zero-order valence-corrected chi connectivity index (χ0v) is 34.0. The van der Waals surface area contributed by atoms with E-state index in [1.54, 1.807) is 31.4 Å². The molecule has 4 rings (SSSR count). The van der Waals surface area contributed by atoms with Crippen LogP contribution in [0.2, 0.25) is 18.1 Å². The van der Waals surface area contributed by atoms with Gasteiger partial charge in [-0.2, -0.15) is 0 Å². The summed E-state index contributed by atoms with van der Waals surface area (Å²) >= 11 is 0. The van der Waals surface area contributed by atoms with Gasteiger partial charge in [0, 0.05) is 26.1 Å². The number of aldehydes is 1. The summed E-state index contributed by atoms with van der Waals surface area (Å²) in [5.41, 5.74) is 2.40. The van der Waals surface area contributed by atoms with E-state index >= 15 is 0 Å². The van der Waals surface area contributed by atoms with Gasteiger partial charge in [0.15, 0.2) is 18.2 Å². The molecule has 3 unspecified atom stereocenters. The van der Waals surface area contributed by atoms with Crippen LogP contribution in [0, 0.1) is 29.6 Å². The van der Waals surface area contributed by atoms with E-state index in [0.717, 1.165) is 63.2 Å². The lowest BCUT2D eigenvalue weighted by molar-refractivity contribution is -0.108. The molecule has 1 aromatic rings. The normalized spacial score (nSPS) is 31.6. The van der Waals surface area contributed by atoms with Gasteiger partial charge in [-0.05, 0) is 111 Å². The molecular weight excluding hydrogens is 665 g/mol. The average molecular weight is 731 g/mol. The Kier molecular flexibility index (Phi) is 14.4. The monoisotopic (exact) mass is 730 g/mol. The molecule has 2 aliphatic heterocycles. The molecule has 9 heteroatoms. The smallest absolute Gasteiger partial charge is 0.191 e. The summed E-state index contributed by atoms with van der Waals surface area (Å²) in [5, 5.41) is 0.128. The van der Waals surface area contributed by atoms with Gasteiger partial charge in [-0.25, -0.2) is 8.42 Å². The van der Waals surface area contributed by atoms with Gasteiger partial charge in [-0.15, -0.1) is 0 Å². The van der Waals surface area contributed by atoms with Crippen LogP contribution in [-0.4, -0.2) is 73.0 Å². The number of carbonyl (C=O) groups excluding carboxylic acids is 1. The summed E-state index contributed by atoms with van der Waals surface area (Å²) in [4.78, 5) is 11.2. The van der Waals surface area contributed by atoms with Crippen LogP contribution in [0.1, 0.15) is 92.4 Å². The SMILES string of the molecule is C=C1C[C@H](CCC=O)OC1CC[C@@H]1C[C@H](CC2O[C@H](C[C@H](C)CO[Si](C)(C)C(C)(C)C)[C@H](OC)C2CS(=O)(=O)c2ccccc2)C(=C)[C@H](C)C1. The van der Waals surface area contributed by atoms with Gasteiger partial charge in [0.1, 0.15) is 6.29 Å². The Labute approximate surface area is 305 Å². The van der Waals surface area contributed by atoms with Crippen LogP contribution in [0.15, 0.2) is 59.5 Å². The lowest BCUT2D eigenvalue weighted by atomic mass is 9.69. The van der Waals surface area contributed by atoms with Gasteiger partial charge < -0.3 is 23.4 Å². The second-order valence-corrected chi connectivity index (χ2v) is 24.1. The number of carbonyl (C=O) groups is 1. The van der Waals surface area contributed by atoms with Crippen molar-refractivity contribution in [2.24, 2.45) is 29.6 Å². The van der Waals surface area contributed by atoms with Crippen molar-refractivity contribution in [3.63, 3.8) is 0 Å². The first-order chi connectivity index (χ1) is 23.5. The Morgan fingerprint density at radius 2 is 1.74 bits per heavy atom. The second kappa shape index (κ2) is 17.5. The van der Waals surface area contributed by atoms with Gasteiger partial charge >= 0.3 is 0 Å². The van der Waals surface area contributed by atoms with E-state index in [-0.39, 0.29) is 59.1 Å². The molecule has 0 aromatic heterocycles. The zero-order valence-electron chi connectivity index (χ0n) is 32.2. The van der Waals surface area contributed by atoms with E-state index in [1.165, 1.54) is 5.57 Å². The number of ether oxygens (including phenoxy) is 3. The Morgan fingerprint density at radius 1 is 1.04 bits per heavy atom. The molecule has 1 aliphatic carbocycles. The van der Waals surface area contributed by atoms with Crippen molar-refractivity contribution in [3.8, 4) is 0 Å². The number of allylic oxidation sites excluding steroid dienone is 1.